The number of fused-ring (bicyclic) bond motifs is 1. The monoisotopic (exact) mass is 429 g/mol. The Labute approximate surface area is 183 Å². The first kappa shape index (κ1) is 19.6. The molecular formula is C24H19N3O5. The molecule has 1 aliphatic heterocycles. The third-order valence-electron chi connectivity index (χ3n) is 4.86. The van der Waals surface area contributed by atoms with Crippen molar-refractivity contribution in [2.45, 2.75) is 6.92 Å². The number of aromatic nitrogens is 2. The van der Waals surface area contributed by atoms with Crippen LogP contribution in [0.4, 0.5) is 5.69 Å². The highest BCUT2D eigenvalue weighted by atomic mass is 16.7. The Kier molecular flexibility index (Phi) is 5.17. The zero-order valence-electron chi connectivity index (χ0n) is 17.2. The molecule has 0 saturated heterocycles. The number of hydrogen-bond donors (Lipinski definition) is 1. The van der Waals surface area contributed by atoms with Crippen LogP contribution >= 0.6 is 0 Å². The van der Waals surface area contributed by atoms with E-state index >= 15 is 0 Å². The van der Waals surface area contributed by atoms with Gasteiger partial charge in [0.15, 0.2) is 18.1 Å². The van der Waals surface area contributed by atoms with Gasteiger partial charge in [0.2, 0.25) is 12.6 Å². The van der Waals surface area contributed by atoms with Crippen molar-refractivity contribution in [3.05, 3.63) is 72.3 Å². The van der Waals surface area contributed by atoms with Crippen molar-refractivity contribution < 1.29 is 23.5 Å². The predicted octanol–water partition coefficient (Wildman–Crippen LogP) is 4.46. The fourth-order valence-corrected chi connectivity index (χ4v) is 3.17. The molecule has 0 unspecified atom stereocenters. The third-order valence-corrected chi connectivity index (χ3v) is 4.86. The minimum absolute atomic E-state index is 0.133. The normalized spacial score (nSPS) is 11.9. The fraction of sp³-hybridized carbons (Fsp3) is 0.125. The van der Waals surface area contributed by atoms with Crippen molar-refractivity contribution >= 4 is 11.6 Å². The van der Waals surface area contributed by atoms with Crippen LogP contribution in [-0.2, 0) is 4.79 Å². The summed E-state index contributed by atoms with van der Waals surface area (Å²) in [7, 11) is 0. The molecule has 0 aliphatic carbocycles. The average Bonchev–Trinajstić information content (AvgIpc) is 3.48. The number of carbonyl (C=O) groups is 1. The van der Waals surface area contributed by atoms with E-state index in [0.717, 1.165) is 16.7 Å². The van der Waals surface area contributed by atoms with Crippen LogP contribution in [0, 0.1) is 6.92 Å². The van der Waals surface area contributed by atoms with E-state index in [0.29, 0.717) is 34.7 Å². The maximum atomic E-state index is 12.2. The lowest BCUT2D eigenvalue weighted by atomic mass is 10.1. The number of amides is 1. The molecule has 8 nitrogen and oxygen atoms in total. The van der Waals surface area contributed by atoms with Crippen molar-refractivity contribution in [2.75, 3.05) is 18.7 Å². The van der Waals surface area contributed by atoms with Crippen LogP contribution in [-0.4, -0.2) is 29.4 Å². The van der Waals surface area contributed by atoms with Crippen LogP contribution in [0.5, 0.6) is 17.2 Å². The van der Waals surface area contributed by atoms with E-state index in [9.17, 15) is 4.79 Å². The van der Waals surface area contributed by atoms with E-state index in [-0.39, 0.29) is 19.3 Å². The molecule has 160 valence electrons. The number of nitrogens with zero attached hydrogens (tertiary/aromatic N) is 2. The lowest BCUT2D eigenvalue weighted by molar-refractivity contribution is -0.118. The van der Waals surface area contributed by atoms with Crippen molar-refractivity contribution in [1.82, 2.24) is 10.1 Å². The minimum Gasteiger partial charge on any atom is -0.484 e. The smallest absolute Gasteiger partial charge is 0.262 e. The molecule has 0 atom stereocenters. The van der Waals surface area contributed by atoms with Gasteiger partial charge in [-0.2, -0.15) is 4.98 Å². The van der Waals surface area contributed by atoms with Gasteiger partial charge in [0.05, 0.1) is 0 Å². The molecule has 1 aromatic heterocycles. The van der Waals surface area contributed by atoms with Crippen molar-refractivity contribution in [3.8, 4) is 40.1 Å². The largest absolute Gasteiger partial charge is 0.484 e. The zero-order valence-corrected chi connectivity index (χ0v) is 17.2. The molecule has 1 N–H and O–H groups in total. The van der Waals surface area contributed by atoms with Crippen LogP contribution in [0.2, 0.25) is 0 Å². The number of aryl methyl sites for hydroxylation is 1. The van der Waals surface area contributed by atoms with Crippen LogP contribution in [0.15, 0.2) is 71.3 Å². The topological polar surface area (TPSA) is 95.7 Å². The second-order valence-corrected chi connectivity index (χ2v) is 7.22. The molecule has 2 heterocycles. The molecule has 1 aliphatic rings. The summed E-state index contributed by atoms with van der Waals surface area (Å²) in [6.45, 7) is 2.07. The van der Waals surface area contributed by atoms with Crippen LogP contribution in [0.25, 0.3) is 22.8 Å². The molecule has 1 amide bonds. The summed E-state index contributed by atoms with van der Waals surface area (Å²) in [4.78, 5) is 16.6. The van der Waals surface area contributed by atoms with Crippen LogP contribution in [0.1, 0.15) is 5.56 Å². The first-order valence-electron chi connectivity index (χ1n) is 9.97. The van der Waals surface area contributed by atoms with Gasteiger partial charge in [-0.05, 0) is 43.3 Å². The summed E-state index contributed by atoms with van der Waals surface area (Å²) in [6.07, 6.45) is 0. The van der Waals surface area contributed by atoms with Gasteiger partial charge in [-0.1, -0.05) is 35.0 Å². The van der Waals surface area contributed by atoms with Crippen LogP contribution < -0.4 is 19.5 Å². The highest BCUT2D eigenvalue weighted by Crippen LogP contribution is 2.34. The van der Waals surface area contributed by atoms with E-state index in [2.05, 4.69) is 15.5 Å². The molecule has 0 saturated carbocycles. The SMILES string of the molecule is Cc1ccc(-c2noc(-c3ccc(OCC(=O)Nc4ccc5c(c4)OCO5)cc3)n2)cc1. The molecule has 0 fully saturated rings. The summed E-state index contributed by atoms with van der Waals surface area (Å²) < 4.78 is 21.5. The van der Waals surface area contributed by atoms with Gasteiger partial charge >= 0.3 is 0 Å². The number of ether oxygens (including phenoxy) is 3. The Morgan fingerprint density at radius 1 is 0.969 bits per heavy atom. The number of carbonyl (C=O) groups excluding carboxylic acids is 1. The maximum Gasteiger partial charge on any atom is 0.262 e. The van der Waals surface area contributed by atoms with Gasteiger partial charge in [-0.15, -0.1) is 0 Å². The zero-order chi connectivity index (χ0) is 21.9. The van der Waals surface area contributed by atoms with Crippen LogP contribution in [0.3, 0.4) is 0 Å². The number of hydrogen-bond acceptors (Lipinski definition) is 7. The standard InChI is InChI=1S/C24H19N3O5/c1-15-2-4-16(5-3-15)23-26-24(32-27-23)17-6-9-19(10-7-17)29-13-22(28)25-18-8-11-20-21(12-18)31-14-30-20/h2-12H,13-14H2,1H3,(H,25,28). The number of benzene rings is 3. The summed E-state index contributed by atoms with van der Waals surface area (Å²) in [6, 6.07) is 20.2. The molecule has 0 bridgehead atoms. The Morgan fingerprint density at radius 3 is 2.53 bits per heavy atom. The second-order valence-electron chi connectivity index (χ2n) is 7.22. The number of anilines is 1. The molecule has 0 radical (unpaired) electrons. The highest BCUT2D eigenvalue weighted by Gasteiger charge is 2.15. The lowest BCUT2D eigenvalue weighted by Gasteiger charge is -2.08. The summed E-state index contributed by atoms with van der Waals surface area (Å²) >= 11 is 0. The summed E-state index contributed by atoms with van der Waals surface area (Å²) in [5, 5.41) is 6.82. The molecule has 5 rings (SSSR count). The van der Waals surface area contributed by atoms with E-state index in [1.807, 2.05) is 31.2 Å². The Balaban J connectivity index is 1.18. The molecule has 32 heavy (non-hydrogen) atoms. The van der Waals surface area contributed by atoms with Gasteiger partial charge in [0.1, 0.15) is 5.75 Å². The summed E-state index contributed by atoms with van der Waals surface area (Å²) in [5.41, 5.74) is 3.42. The third kappa shape index (κ3) is 4.24. The first-order chi connectivity index (χ1) is 15.6. The fourth-order valence-electron chi connectivity index (χ4n) is 3.17. The van der Waals surface area contributed by atoms with Gasteiger partial charge < -0.3 is 24.1 Å². The van der Waals surface area contributed by atoms with Crippen molar-refractivity contribution in [2.24, 2.45) is 0 Å². The highest BCUT2D eigenvalue weighted by molar-refractivity contribution is 5.92. The van der Waals surface area contributed by atoms with Crippen molar-refractivity contribution in [3.63, 3.8) is 0 Å². The van der Waals surface area contributed by atoms with E-state index in [1.165, 1.54) is 0 Å². The summed E-state index contributed by atoms with van der Waals surface area (Å²) in [5.74, 6) is 2.46. The van der Waals surface area contributed by atoms with Gasteiger partial charge in [0, 0.05) is 22.9 Å². The maximum absolute atomic E-state index is 12.2. The van der Waals surface area contributed by atoms with Gasteiger partial charge in [0.25, 0.3) is 11.8 Å². The Bertz CT molecular complexity index is 1250. The molecular weight excluding hydrogens is 410 g/mol. The Morgan fingerprint density at radius 2 is 1.72 bits per heavy atom. The lowest BCUT2D eigenvalue weighted by Crippen LogP contribution is -2.20. The van der Waals surface area contributed by atoms with E-state index < -0.39 is 0 Å². The molecule has 8 heteroatoms. The quantitative estimate of drug-likeness (QED) is 0.483. The van der Waals surface area contributed by atoms with E-state index in [1.54, 1.807) is 42.5 Å². The Hall–Kier alpha value is -4.33. The second kappa shape index (κ2) is 8.43. The molecule has 0 spiro atoms. The first-order valence-corrected chi connectivity index (χ1v) is 9.97. The van der Waals surface area contributed by atoms with Gasteiger partial charge in [-0.3, -0.25) is 4.79 Å². The van der Waals surface area contributed by atoms with Crippen molar-refractivity contribution in [1.29, 1.82) is 0 Å². The van der Waals surface area contributed by atoms with Gasteiger partial charge in [-0.25, -0.2) is 0 Å². The molecule has 3 aromatic carbocycles. The van der Waals surface area contributed by atoms with E-state index in [4.69, 9.17) is 18.7 Å². The molecule has 4 aromatic rings. The average molecular weight is 429 g/mol. The predicted molar refractivity (Wildman–Crippen MR) is 117 cm³/mol. The minimum atomic E-state index is -0.285. The number of nitrogens with one attached hydrogen (secondary N) is 1. The number of rotatable bonds is 6.